The smallest absolute Gasteiger partial charge is 0.469 e. The standard InChI is InChI=1S/C28H26F2N3O9PS/c1-40-28(36)15-6-9-22-31(12-15)27(35)25-26(41-14-42-43(37,38)39)20(34)10-11-32(25)33(22)24-16-7-8-19(29)23(30)18(16)13-44-21-5-3-2-4-17(21)24/h2-5,7-8,10-11,15,22,24H,6,9,12-14H2,1H3,(H2,37,38,39)/t15?,22-,24+/m1/s1. The molecule has 1 fully saturated rings. The van der Waals surface area contributed by atoms with Gasteiger partial charge < -0.3 is 24.2 Å². The van der Waals surface area contributed by atoms with Crippen LogP contribution in [0.5, 0.6) is 5.75 Å². The van der Waals surface area contributed by atoms with Crippen LogP contribution < -0.4 is 15.2 Å². The highest BCUT2D eigenvalue weighted by Gasteiger charge is 2.48. The SMILES string of the molecule is COC(=O)C1CC[C@@H]2N(C1)C(=O)c1c(OCOP(=O)(O)O)c(=O)ccn1N2[C@@H]1c2ccccc2SCc2c1ccc(F)c2F. The van der Waals surface area contributed by atoms with E-state index in [0.29, 0.717) is 12.0 Å². The van der Waals surface area contributed by atoms with Crippen molar-refractivity contribution in [2.45, 2.75) is 35.7 Å². The zero-order valence-corrected chi connectivity index (χ0v) is 24.8. The number of thioether (sulfide) groups is 1. The molecule has 16 heteroatoms. The summed E-state index contributed by atoms with van der Waals surface area (Å²) < 4.78 is 57.3. The minimum Gasteiger partial charge on any atom is -0.469 e. The van der Waals surface area contributed by atoms with Crippen LogP contribution in [0.15, 0.2) is 58.4 Å². The molecule has 0 radical (unpaired) electrons. The maximum absolute atomic E-state index is 15.4. The first kappa shape index (κ1) is 30.3. The molecule has 44 heavy (non-hydrogen) atoms. The van der Waals surface area contributed by atoms with Crippen LogP contribution in [0.25, 0.3) is 0 Å². The monoisotopic (exact) mass is 649 g/mol. The Morgan fingerprint density at radius 3 is 2.61 bits per heavy atom. The Morgan fingerprint density at radius 1 is 1.09 bits per heavy atom. The average Bonchev–Trinajstić information content (AvgIpc) is 3.16. The minimum absolute atomic E-state index is 0.0814. The first-order valence-corrected chi connectivity index (χ1v) is 16.0. The molecule has 3 aromatic rings. The third-order valence-electron chi connectivity index (χ3n) is 7.94. The number of phosphoric ester groups is 1. The van der Waals surface area contributed by atoms with Crippen LogP contribution in [0, 0.1) is 17.6 Å². The second-order valence-corrected chi connectivity index (χ2v) is 12.6. The van der Waals surface area contributed by atoms with Gasteiger partial charge >= 0.3 is 13.8 Å². The van der Waals surface area contributed by atoms with Gasteiger partial charge in [0, 0.05) is 35.0 Å². The number of esters is 1. The van der Waals surface area contributed by atoms with Crippen LogP contribution in [0.2, 0.25) is 0 Å². The first-order chi connectivity index (χ1) is 21.0. The maximum Gasteiger partial charge on any atom is 0.472 e. The van der Waals surface area contributed by atoms with Crippen molar-refractivity contribution in [1.29, 1.82) is 0 Å². The van der Waals surface area contributed by atoms with Gasteiger partial charge in [0.1, 0.15) is 6.17 Å². The number of piperidine rings is 1. The number of methoxy groups -OCH3 is 1. The highest BCUT2D eigenvalue weighted by atomic mass is 32.2. The van der Waals surface area contributed by atoms with E-state index in [2.05, 4.69) is 4.52 Å². The topological polar surface area (TPSA) is 148 Å². The lowest BCUT2D eigenvalue weighted by Crippen LogP contribution is -2.65. The van der Waals surface area contributed by atoms with E-state index in [4.69, 9.17) is 19.3 Å². The lowest BCUT2D eigenvalue weighted by Gasteiger charge is -2.52. The number of fused-ring (bicyclic) bond motifs is 4. The fourth-order valence-corrected chi connectivity index (χ4v) is 7.33. The molecule has 0 bridgehead atoms. The van der Waals surface area contributed by atoms with Crippen LogP contribution in [0.4, 0.5) is 8.78 Å². The molecule has 1 saturated heterocycles. The molecular formula is C28H26F2N3O9PS. The summed E-state index contributed by atoms with van der Waals surface area (Å²) in [6, 6.07) is 10.2. The van der Waals surface area contributed by atoms with Crippen LogP contribution in [0.3, 0.4) is 0 Å². The Balaban J connectivity index is 1.58. The molecule has 3 atom stereocenters. The zero-order valence-electron chi connectivity index (χ0n) is 23.1. The highest BCUT2D eigenvalue weighted by Crippen LogP contribution is 2.46. The van der Waals surface area contributed by atoms with E-state index in [9.17, 15) is 23.3 Å². The summed E-state index contributed by atoms with van der Waals surface area (Å²) in [5.41, 5.74) is 0.222. The van der Waals surface area contributed by atoms with Crippen molar-refractivity contribution in [1.82, 2.24) is 9.58 Å². The van der Waals surface area contributed by atoms with Gasteiger partial charge in [0.05, 0.1) is 19.1 Å². The van der Waals surface area contributed by atoms with Gasteiger partial charge in [0.25, 0.3) is 5.91 Å². The second-order valence-electron chi connectivity index (χ2n) is 10.4. The van der Waals surface area contributed by atoms with Crippen molar-refractivity contribution >= 4 is 31.5 Å². The molecule has 1 amide bonds. The Hall–Kier alpha value is -3.75. The van der Waals surface area contributed by atoms with Gasteiger partial charge in [-0.1, -0.05) is 24.3 Å². The molecule has 2 aromatic carbocycles. The normalized spacial score (nSPS) is 21.0. The van der Waals surface area contributed by atoms with Crippen molar-refractivity contribution in [3.8, 4) is 5.75 Å². The van der Waals surface area contributed by atoms with E-state index in [1.807, 2.05) is 18.2 Å². The predicted molar refractivity (Wildman–Crippen MR) is 151 cm³/mol. The molecule has 0 spiro atoms. The van der Waals surface area contributed by atoms with E-state index in [1.54, 1.807) is 11.1 Å². The summed E-state index contributed by atoms with van der Waals surface area (Å²) >= 11 is 1.33. The van der Waals surface area contributed by atoms with Crippen LogP contribution in [0.1, 0.15) is 46.1 Å². The Labute approximate surface area is 253 Å². The predicted octanol–water partition coefficient (Wildman–Crippen LogP) is 3.27. The van der Waals surface area contributed by atoms with Crippen LogP contribution in [-0.2, 0) is 24.4 Å². The molecule has 6 rings (SSSR count). The second kappa shape index (κ2) is 11.6. The lowest BCUT2D eigenvalue weighted by atomic mass is 9.90. The number of amides is 1. The number of aromatic nitrogens is 1. The van der Waals surface area contributed by atoms with Gasteiger partial charge in [-0.3, -0.25) is 24.1 Å². The van der Waals surface area contributed by atoms with Gasteiger partial charge in [-0.25, -0.2) is 17.9 Å². The number of pyridine rings is 1. The molecule has 3 aliphatic rings. The van der Waals surface area contributed by atoms with Gasteiger partial charge in [-0.15, -0.1) is 11.8 Å². The summed E-state index contributed by atoms with van der Waals surface area (Å²) in [5, 5.41) is 1.77. The van der Waals surface area contributed by atoms with Crippen LogP contribution in [-0.4, -0.2) is 57.9 Å². The van der Waals surface area contributed by atoms with E-state index in [0.717, 1.165) is 22.6 Å². The number of halogens is 2. The number of carbonyl (C=O) groups excluding carboxylic acids is 2. The van der Waals surface area contributed by atoms with Crippen molar-refractivity contribution in [3.05, 3.63) is 92.9 Å². The maximum atomic E-state index is 15.4. The number of hydrogen-bond acceptors (Lipinski definition) is 9. The summed E-state index contributed by atoms with van der Waals surface area (Å²) in [4.78, 5) is 60.1. The van der Waals surface area contributed by atoms with E-state index in [1.165, 1.54) is 40.7 Å². The molecule has 0 saturated carbocycles. The molecular weight excluding hydrogens is 623 g/mol. The Kier molecular flexibility index (Phi) is 8.01. The van der Waals surface area contributed by atoms with Gasteiger partial charge in [0.15, 0.2) is 17.3 Å². The van der Waals surface area contributed by atoms with E-state index >= 15 is 4.39 Å². The molecule has 232 valence electrons. The first-order valence-electron chi connectivity index (χ1n) is 13.4. The van der Waals surface area contributed by atoms with Crippen molar-refractivity contribution in [3.63, 3.8) is 0 Å². The summed E-state index contributed by atoms with van der Waals surface area (Å²) in [7, 11) is -3.75. The average molecular weight is 650 g/mol. The van der Waals surface area contributed by atoms with E-state index in [-0.39, 0.29) is 30.0 Å². The lowest BCUT2D eigenvalue weighted by molar-refractivity contribution is -0.147. The Morgan fingerprint density at radius 2 is 1.86 bits per heavy atom. The molecule has 2 N–H and O–H groups in total. The number of phosphoric acid groups is 1. The van der Waals surface area contributed by atoms with Crippen molar-refractivity contribution in [2.75, 3.05) is 25.5 Å². The number of nitrogens with zero attached hydrogens (tertiary/aromatic N) is 3. The van der Waals surface area contributed by atoms with Crippen molar-refractivity contribution in [2.24, 2.45) is 5.92 Å². The number of ether oxygens (including phenoxy) is 2. The number of rotatable bonds is 6. The summed E-state index contributed by atoms with van der Waals surface area (Å²) in [6.45, 7) is -1.13. The highest BCUT2D eigenvalue weighted by molar-refractivity contribution is 7.98. The quantitative estimate of drug-likeness (QED) is 0.230. The van der Waals surface area contributed by atoms with Crippen molar-refractivity contribution < 1.29 is 46.7 Å². The summed E-state index contributed by atoms with van der Waals surface area (Å²) in [6.07, 6.45) is 1.26. The molecule has 1 aromatic heterocycles. The molecule has 3 aliphatic heterocycles. The Bertz CT molecular complexity index is 1770. The number of hydrogen-bond donors (Lipinski definition) is 2. The molecule has 0 aliphatic carbocycles. The zero-order chi connectivity index (χ0) is 31.3. The third kappa shape index (κ3) is 5.28. The van der Waals surface area contributed by atoms with Gasteiger partial charge in [-0.2, -0.15) is 0 Å². The fourth-order valence-electron chi connectivity index (χ4n) is 6.03. The van der Waals surface area contributed by atoms with Gasteiger partial charge in [0.2, 0.25) is 18.0 Å². The number of carbonyl (C=O) groups is 2. The molecule has 4 heterocycles. The fraction of sp³-hybridized carbons (Fsp3) is 0.321. The number of benzene rings is 2. The molecule has 1 unspecified atom stereocenters. The van der Waals surface area contributed by atoms with Crippen LogP contribution >= 0.6 is 19.6 Å². The summed E-state index contributed by atoms with van der Waals surface area (Å²) in [5.74, 6) is -4.31. The van der Waals surface area contributed by atoms with E-state index < -0.39 is 67.4 Å². The third-order valence-corrected chi connectivity index (χ3v) is 9.50. The largest absolute Gasteiger partial charge is 0.472 e. The van der Waals surface area contributed by atoms with Gasteiger partial charge in [-0.05, 0) is 36.1 Å². The minimum atomic E-state index is -4.99. The molecule has 12 nitrogen and oxygen atoms in total.